The molecule has 1 amide bonds. The van der Waals surface area contributed by atoms with Crippen molar-refractivity contribution < 1.29 is 19.4 Å². The fourth-order valence-corrected chi connectivity index (χ4v) is 5.97. The number of carbonyl (C=O) groups excluding carboxylic acids is 1. The van der Waals surface area contributed by atoms with Crippen molar-refractivity contribution in [3.05, 3.63) is 81.4 Å². The maximum Gasteiger partial charge on any atom is 0.274 e. The van der Waals surface area contributed by atoms with Crippen LogP contribution in [0.15, 0.2) is 48.7 Å². The molecule has 4 aromatic rings. The predicted molar refractivity (Wildman–Crippen MR) is 165 cm³/mol. The van der Waals surface area contributed by atoms with Gasteiger partial charge in [-0.3, -0.25) is 14.7 Å². The molecule has 2 aromatic heterocycles. The van der Waals surface area contributed by atoms with E-state index in [0.29, 0.717) is 81.6 Å². The van der Waals surface area contributed by atoms with Gasteiger partial charge in [-0.1, -0.05) is 53.5 Å². The first-order chi connectivity index (χ1) is 20.9. The Hall–Kier alpha value is -3.80. The maximum absolute atomic E-state index is 13.3. The van der Waals surface area contributed by atoms with Gasteiger partial charge in [-0.2, -0.15) is 0 Å². The lowest BCUT2D eigenvalue weighted by atomic mass is 10.0. The largest absolute Gasteiger partial charge is 0.496 e. The Morgan fingerprint density at radius 1 is 1.07 bits per heavy atom. The average molecular weight is 622 g/mol. The summed E-state index contributed by atoms with van der Waals surface area (Å²) >= 11 is 13.8. The number of carbonyl (C=O) groups is 1. The van der Waals surface area contributed by atoms with Crippen LogP contribution in [-0.4, -0.2) is 70.8 Å². The molecule has 12 heteroatoms. The van der Waals surface area contributed by atoms with Crippen molar-refractivity contribution in [2.45, 2.75) is 25.6 Å². The number of hydrogen-bond donors (Lipinski definition) is 3. The van der Waals surface area contributed by atoms with Gasteiger partial charge in [0.15, 0.2) is 0 Å². The zero-order chi connectivity index (χ0) is 30.1. The second-order valence-corrected chi connectivity index (χ2v) is 11.2. The van der Waals surface area contributed by atoms with E-state index in [-0.39, 0.29) is 11.8 Å². The number of ether oxygens (including phenoxy) is 2. The lowest BCUT2D eigenvalue weighted by Crippen LogP contribution is -2.50. The third kappa shape index (κ3) is 5.89. The maximum atomic E-state index is 13.3. The van der Waals surface area contributed by atoms with Crippen LogP contribution in [0, 0.1) is 0 Å². The number of pyridine rings is 1. The highest BCUT2D eigenvalue weighted by molar-refractivity contribution is 6.39. The molecule has 0 aliphatic carbocycles. The van der Waals surface area contributed by atoms with Crippen molar-refractivity contribution in [2.24, 2.45) is 0 Å². The van der Waals surface area contributed by atoms with Crippen LogP contribution < -0.4 is 20.1 Å². The summed E-state index contributed by atoms with van der Waals surface area (Å²) in [5.74, 6) is 0.638. The van der Waals surface area contributed by atoms with Gasteiger partial charge in [0.25, 0.3) is 5.91 Å². The fraction of sp³-hybridized carbons (Fsp3) is 0.290. The molecule has 0 spiro atoms. The number of methoxy groups -OCH3 is 2. The minimum atomic E-state index is -0.402. The lowest BCUT2D eigenvalue weighted by molar-refractivity contribution is -0.00403. The zero-order valence-electron chi connectivity index (χ0n) is 23.7. The molecule has 10 nitrogen and oxygen atoms in total. The Bertz CT molecular complexity index is 1680. The summed E-state index contributed by atoms with van der Waals surface area (Å²) in [6, 6.07) is 12.6. The van der Waals surface area contributed by atoms with E-state index in [2.05, 4.69) is 30.5 Å². The Morgan fingerprint density at radius 2 is 1.81 bits per heavy atom. The van der Waals surface area contributed by atoms with Crippen LogP contribution in [0.25, 0.3) is 22.4 Å². The van der Waals surface area contributed by atoms with Gasteiger partial charge in [-0.15, -0.1) is 0 Å². The number of fused-ring (bicyclic) bond motifs is 1. The van der Waals surface area contributed by atoms with E-state index in [1.165, 1.54) is 0 Å². The number of anilines is 1. The van der Waals surface area contributed by atoms with E-state index in [1.807, 2.05) is 24.3 Å². The summed E-state index contributed by atoms with van der Waals surface area (Å²) in [5, 5.41) is 16.5. The minimum Gasteiger partial charge on any atom is -0.496 e. The molecule has 0 saturated carbocycles. The van der Waals surface area contributed by atoms with Crippen molar-refractivity contribution in [2.75, 3.05) is 39.2 Å². The first kappa shape index (κ1) is 29.3. The van der Waals surface area contributed by atoms with E-state index in [0.717, 1.165) is 24.2 Å². The number of aromatic nitrogens is 3. The third-order valence-corrected chi connectivity index (χ3v) is 8.41. The van der Waals surface area contributed by atoms with E-state index in [9.17, 15) is 9.90 Å². The molecule has 2 aliphatic heterocycles. The van der Waals surface area contributed by atoms with Gasteiger partial charge >= 0.3 is 0 Å². The molecule has 2 aliphatic rings. The zero-order valence-corrected chi connectivity index (χ0v) is 25.2. The molecule has 222 valence electrons. The van der Waals surface area contributed by atoms with E-state index in [1.54, 1.807) is 38.6 Å². The van der Waals surface area contributed by atoms with Crippen molar-refractivity contribution in [3.8, 4) is 34.0 Å². The van der Waals surface area contributed by atoms with Gasteiger partial charge < -0.3 is 25.2 Å². The SMILES string of the molecule is COc1cc(C(=O)Nc2cccc(-c3cccc(-c4cnc(CN5CC(O)C5)c(OC)n4)c3Cl)c2Cl)nc2c1CCNC2. The number of benzene rings is 2. The predicted octanol–water partition coefficient (Wildman–Crippen LogP) is 4.60. The van der Waals surface area contributed by atoms with Crippen LogP contribution in [0.1, 0.15) is 27.4 Å². The molecule has 0 unspecified atom stereocenters. The number of nitrogens with one attached hydrogen (secondary N) is 2. The van der Waals surface area contributed by atoms with E-state index >= 15 is 0 Å². The highest BCUT2D eigenvalue weighted by atomic mass is 35.5. The van der Waals surface area contributed by atoms with Gasteiger partial charge in [0.1, 0.15) is 17.1 Å². The number of hydrogen-bond acceptors (Lipinski definition) is 9. The van der Waals surface area contributed by atoms with Crippen molar-refractivity contribution in [1.82, 2.24) is 25.2 Å². The molecule has 3 N–H and O–H groups in total. The van der Waals surface area contributed by atoms with Crippen LogP contribution in [0.5, 0.6) is 11.6 Å². The van der Waals surface area contributed by atoms with Gasteiger partial charge in [0, 0.05) is 54.5 Å². The van der Waals surface area contributed by atoms with E-state index in [4.69, 9.17) is 32.7 Å². The smallest absolute Gasteiger partial charge is 0.274 e. The third-order valence-electron chi connectivity index (χ3n) is 7.59. The number of β-amino-alcohol motifs (C(OH)–C–C–N with tert-alkyl or cyclic N) is 1. The lowest BCUT2D eigenvalue weighted by Gasteiger charge is -2.35. The quantitative estimate of drug-likeness (QED) is 0.259. The summed E-state index contributed by atoms with van der Waals surface area (Å²) < 4.78 is 11.1. The van der Waals surface area contributed by atoms with Crippen molar-refractivity contribution in [1.29, 1.82) is 0 Å². The molecule has 4 heterocycles. The first-order valence-electron chi connectivity index (χ1n) is 13.8. The highest BCUT2D eigenvalue weighted by Gasteiger charge is 2.26. The number of halogens is 2. The van der Waals surface area contributed by atoms with Gasteiger partial charge in [-0.25, -0.2) is 9.97 Å². The Kier molecular flexibility index (Phi) is 8.47. The molecule has 0 atom stereocenters. The molecular formula is C31H30Cl2N6O4. The number of aliphatic hydroxyl groups is 1. The van der Waals surface area contributed by atoms with Gasteiger partial charge in [-0.05, 0) is 19.0 Å². The first-order valence-corrected chi connectivity index (χ1v) is 14.6. The normalized spacial score (nSPS) is 15.0. The number of amides is 1. The summed E-state index contributed by atoms with van der Waals surface area (Å²) in [4.78, 5) is 29.2. The van der Waals surface area contributed by atoms with Crippen LogP contribution in [-0.2, 0) is 19.5 Å². The van der Waals surface area contributed by atoms with Crippen LogP contribution in [0.4, 0.5) is 5.69 Å². The number of rotatable bonds is 8. The molecular weight excluding hydrogens is 591 g/mol. The molecule has 1 saturated heterocycles. The van der Waals surface area contributed by atoms with Crippen molar-refractivity contribution >= 4 is 34.8 Å². The van der Waals surface area contributed by atoms with Crippen molar-refractivity contribution in [3.63, 3.8) is 0 Å². The van der Waals surface area contributed by atoms with E-state index < -0.39 is 5.91 Å². The standard InChI is InChI=1S/C31H30Cl2N6O4/c1-42-27-11-23(36-24-12-34-10-9-20(24)27)30(41)37-22-8-4-6-19(29(22)33)18-5-3-7-21(28(18)32)25-13-35-26(31(38-25)43-2)16-39-14-17(40)15-39/h3-8,11,13,17,34,40H,9-10,12,14-16H2,1-2H3,(H,37,41). The van der Waals surface area contributed by atoms with Crippen LogP contribution in [0.3, 0.4) is 0 Å². The fourth-order valence-electron chi connectivity index (χ4n) is 5.37. The monoisotopic (exact) mass is 620 g/mol. The van der Waals surface area contributed by atoms with Gasteiger partial charge in [0.05, 0.1) is 53.6 Å². The Balaban J connectivity index is 1.28. The second kappa shape index (κ2) is 12.4. The Morgan fingerprint density at radius 3 is 2.56 bits per heavy atom. The summed E-state index contributed by atoms with van der Waals surface area (Å²) in [6.45, 7) is 3.12. The molecule has 1 fully saturated rings. The average Bonchev–Trinajstić information content (AvgIpc) is 3.01. The number of aliphatic hydroxyl groups excluding tert-OH is 1. The summed E-state index contributed by atoms with van der Waals surface area (Å²) in [6.07, 6.45) is 2.14. The minimum absolute atomic E-state index is 0.238. The molecule has 0 radical (unpaired) electrons. The molecule has 43 heavy (non-hydrogen) atoms. The Labute approximate surface area is 259 Å². The number of likely N-dealkylation sites (tertiary alicyclic amines) is 1. The highest BCUT2D eigenvalue weighted by Crippen LogP contribution is 2.41. The molecule has 0 bridgehead atoms. The molecule has 6 rings (SSSR count). The second-order valence-electron chi connectivity index (χ2n) is 10.4. The van der Waals surface area contributed by atoms with Gasteiger partial charge in [0.2, 0.25) is 5.88 Å². The van der Waals surface area contributed by atoms with Crippen LogP contribution >= 0.6 is 23.2 Å². The topological polar surface area (TPSA) is 122 Å². The summed E-state index contributed by atoms with van der Waals surface area (Å²) in [5.41, 5.74) is 5.65. The van der Waals surface area contributed by atoms with Crippen LogP contribution in [0.2, 0.25) is 10.0 Å². The summed E-state index contributed by atoms with van der Waals surface area (Å²) in [7, 11) is 3.14. The number of nitrogens with zero attached hydrogens (tertiary/aromatic N) is 4. The molecule has 2 aromatic carbocycles.